The highest BCUT2D eigenvalue weighted by Crippen LogP contribution is 2.32. The lowest BCUT2D eigenvalue weighted by Gasteiger charge is -2.48. The Bertz CT molecular complexity index is 582. The molecule has 26 heavy (non-hydrogen) atoms. The summed E-state index contributed by atoms with van der Waals surface area (Å²) >= 11 is 0. The maximum Gasteiger partial charge on any atom is 0.230 e. The number of piperidine rings is 1. The van der Waals surface area contributed by atoms with Crippen LogP contribution in [0.2, 0.25) is 0 Å². The third kappa shape index (κ3) is 6.06. The van der Waals surface area contributed by atoms with Gasteiger partial charge in [-0.05, 0) is 74.5 Å². The molecule has 0 unspecified atom stereocenters. The topological polar surface area (TPSA) is 69.2 Å². The van der Waals surface area contributed by atoms with Gasteiger partial charge in [-0.25, -0.2) is 0 Å². The van der Waals surface area contributed by atoms with E-state index in [0.29, 0.717) is 12.0 Å². The molecule has 7 nitrogen and oxygen atoms in total. The molecule has 148 valence electrons. The monoisotopic (exact) mass is 363 g/mol. The van der Waals surface area contributed by atoms with Crippen molar-refractivity contribution in [1.82, 2.24) is 25.2 Å². The summed E-state index contributed by atoms with van der Waals surface area (Å²) in [6.45, 7) is 12.9. The van der Waals surface area contributed by atoms with E-state index in [1.165, 1.54) is 0 Å². The predicted octanol–water partition coefficient (Wildman–Crippen LogP) is 2.29. The van der Waals surface area contributed by atoms with Gasteiger partial charge in [-0.15, -0.1) is 0 Å². The van der Waals surface area contributed by atoms with E-state index in [2.05, 4.69) is 84.2 Å². The summed E-state index contributed by atoms with van der Waals surface area (Å²) in [5.41, 5.74) is 0.187. The van der Waals surface area contributed by atoms with Crippen molar-refractivity contribution in [3.63, 3.8) is 0 Å². The quantitative estimate of drug-likeness (QED) is 0.720. The number of aryl methyl sites for hydroxylation is 1. The van der Waals surface area contributed by atoms with Crippen LogP contribution in [0.25, 0.3) is 0 Å². The summed E-state index contributed by atoms with van der Waals surface area (Å²) in [5.74, 6) is 2.18. The Morgan fingerprint density at radius 2 is 1.65 bits per heavy atom. The van der Waals surface area contributed by atoms with Crippen molar-refractivity contribution in [2.24, 2.45) is 0 Å². The molecule has 0 bridgehead atoms. The SMILES string of the molecule is Cc1nc(NCCCN(C)C)nc(N(C)C2CC(C)(C)NC(C)(C)C2)n1. The van der Waals surface area contributed by atoms with Crippen LogP contribution in [0.5, 0.6) is 0 Å². The van der Waals surface area contributed by atoms with E-state index in [1.54, 1.807) is 0 Å². The standard InChI is InChI=1S/C19H37N7/c1-14-21-16(20-10-9-11-25(6)7)23-17(22-14)26(8)15-12-18(2,3)24-19(4,5)13-15/h15,24H,9-13H2,1-8H3,(H,20,21,22,23). The summed E-state index contributed by atoms with van der Waals surface area (Å²) in [5, 5.41) is 7.08. The Balaban J connectivity index is 2.09. The van der Waals surface area contributed by atoms with Crippen molar-refractivity contribution >= 4 is 11.9 Å². The maximum absolute atomic E-state index is 4.68. The van der Waals surface area contributed by atoms with Crippen molar-refractivity contribution in [2.45, 2.75) is 71.0 Å². The first-order chi connectivity index (χ1) is 12.0. The lowest BCUT2D eigenvalue weighted by atomic mass is 9.79. The molecule has 1 aromatic heterocycles. The van der Waals surface area contributed by atoms with Gasteiger partial charge >= 0.3 is 0 Å². The molecule has 2 N–H and O–H groups in total. The Labute approximate surface area is 159 Å². The van der Waals surface area contributed by atoms with E-state index in [1.807, 2.05) is 6.92 Å². The van der Waals surface area contributed by atoms with Gasteiger partial charge in [-0.3, -0.25) is 0 Å². The van der Waals surface area contributed by atoms with Crippen LogP contribution in [0.1, 0.15) is 52.8 Å². The van der Waals surface area contributed by atoms with Crippen LogP contribution < -0.4 is 15.5 Å². The number of nitrogens with zero attached hydrogens (tertiary/aromatic N) is 5. The normalized spacial score (nSPS) is 19.6. The van der Waals surface area contributed by atoms with E-state index in [-0.39, 0.29) is 11.1 Å². The number of hydrogen-bond acceptors (Lipinski definition) is 7. The van der Waals surface area contributed by atoms with Crippen molar-refractivity contribution in [2.75, 3.05) is 44.4 Å². The molecular weight excluding hydrogens is 326 g/mol. The molecule has 0 aromatic carbocycles. The van der Waals surface area contributed by atoms with E-state index < -0.39 is 0 Å². The number of nitrogens with one attached hydrogen (secondary N) is 2. The average Bonchev–Trinajstić information content (AvgIpc) is 2.47. The highest BCUT2D eigenvalue weighted by molar-refractivity contribution is 5.38. The highest BCUT2D eigenvalue weighted by Gasteiger charge is 2.39. The van der Waals surface area contributed by atoms with Gasteiger partial charge in [0, 0.05) is 30.7 Å². The van der Waals surface area contributed by atoms with Gasteiger partial charge in [-0.1, -0.05) is 0 Å². The van der Waals surface area contributed by atoms with Crippen molar-refractivity contribution in [3.05, 3.63) is 5.82 Å². The fourth-order valence-electron chi connectivity index (χ4n) is 4.01. The summed E-state index contributed by atoms with van der Waals surface area (Å²) in [6, 6.07) is 0.393. The number of hydrogen-bond donors (Lipinski definition) is 2. The minimum atomic E-state index is 0.0933. The molecule has 2 heterocycles. The van der Waals surface area contributed by atoms with Crippen molar-refractivity contribution < 1.29 is 0 Å². The van der Waals surface area contributed by atoms with Gasteiger partial charge in [0.25, 0.3) is 0 Å². The van der Waals surface area contributed by atoms with Gasteiger partial charge in [0.1, 0.15) is 5.82 Å². The van der Waals surface area contributed by atoms with E-state index in [0.717, 1.165) is 44.1 Å². The van der Waals surface area contributed by atoms with Gasteiger partial charge < -0.3 is 20.4 Å². The average molecular weight is 364 g/mol. The molecule has 1 fully saturated rings. The van der Waals surface area contributed by atoms with Crippen LogP contribution in [0.4, 0.5) is 11.9 Å². The Kier molecular flexibility index (Phi) is 6.45. The smallest absolute Gasteiger partial charge is 0.230 e. The third-order valence-corrected chi connectivity index (χ3v) is 4.83. The van der Waals surface area contributed by atoms with Gasteiger partial charge in [0.05, 0.1) is 0 Å². The van der Waals surface area contributed by atoms with Crippen molar-refractivity contribution in [1.29, 1.82) is 0 Å². The maximum atomic E-state index is 4.68. The second-order valence-electron chi connectivity index (χ2n) is 9.16. The molecule has 7 heteroatoms. The van der Waals surface area contributed by atoms with E-state index in [9.17, 15) is 0 Å². The third-order valence-electron chi connectivity index (χ3n) is 4.83. The van der Waals surface area contributed by atoms with Crippen LogP contribution in [0.15, 0.2) is 0 Å². The molecule has 1 aromatic rings. The number of rotatable bonds is 7. The van der Waals surface area contributed by atoms with Crippen LogP contribution in [-0.4, -0.2) is 71.2 Å². The zero-order valence-electron chi connectivity index (χ0n) is 17.8. The molecule has 1 aliphatic heterocycles. The van der Waals surface area contributed by atoms with E-state index in [4.69, 9.17) is 0 Å². The van der Waals surface area contributed by atoms with Crippen molar-refractivity contribution in [3.8, 4) is 0 Å². The molecule has 1 saturated heterocycles. The molecule has 0 saturated carbocycles. The van der Waals surface area contributed by atoms with Gasteiger partial charge in [-0.2, -0.15) is 15.0 Å². The fraction of sp³-hybridized carbons (Fsp3) is 0.842. The van der Waals surface area contributed by atoms with E-state index >= 15 is 0 Å². The lowest BCUT2D eigenvalue weighted by Crippen LogP contribution is -2.62. The first-order valence-electron chi connectivity index (χ1n) is 9.61. The summed E-state index contributed by atoms with van der Waals surface area (Å²) < 4.78 is 0. The second kappa shape index (κ2) is 8.05. The Hall–Kier alpha value is -1.47. The molecule has 0 radical (unpaired) electrons. The molecular formula is C19H37N7. The summed E-state index contributed by atoms with van der Waals surface area (Å²) in [7, 11) is 6.27. The molecule has 2 rings (SSSR count). The number of anilines is 2. The lowest BCUT2D eigenvalue weighted by molar-refractivity contribution is 0.160. The Morgan fingerprint density at radius 1 is 1.04 bits per heavy atom. The second-order valence-corrected chi connectivity index (χ2v) is 9.16. The summed E-state index contributed by atoms with van der Waals surface area (Å²) in [6.07, 6.45) is 3.17. The largest absolute Gasteiger partial charge is 0.354 e. The molecule has 0 atom stereocenters. The van der Waals surface area contributed by atoms with Gasteiger partial charge in [0.2, 0.25) is 11.9 Å². The van der Waals surface area contributed by atoms with Gasteiger partial charge in [0.15, 0.2) is 0 Å². The van der Waals surface area contributed by atoms with Crippen LogP contribution >= 0.6 is 0 Å². The first kappa shape index (κ1) is 20.8. The van der Waals surface area contributed by atoms with Crippen LogP contribution in [0.3, 0.4) is 0 Å². The summed E-state index contributed by atoms with van der Waals surface area (Å²) in [4.78, 5) is 18.1. The highest BCUT2D eigenvalue weighted by atomic mass is 15.3. The predicted molar refractivity (Wildman–Crippen MR) is 109 cm³/mol. The zero-order chi connectivity index (χ0) is 19.5. The fourth-order valence-corrected chi connectivity index (χ4v) is 4.01. The zero-order valence-corrected chi connectivity index (χ0v) is 17.8. The Morgan fingerprint density at radius 3 is 2.23 bits per heavy atom. The molecule has 0 aliphatic carbocycles. The van der Waals surface area contributed by atoms with Crippen LogP contribution in [-0.2, 0) is 0 Å². The molecule has 1 aliphatic rings. The molecule has 0 amide bonds. The minimum Gasteiger partial charge on any atom is -0.354 e. The first-order valence-corrected chi connectivity index (χ1v) is 9.61. The number of aromatic nitrogens is 3. The minimum absolute atomic E-state index is 0.0933. The molecule has 0 spiro atoms. The van der Waals surface area contributed by atoms with Crippen LogP contribution in [0, 0.1) is 6.92 Å².